The summed E-state index contributed by atoms with van der Waals surface area (Å²) in [5.74, 6) is -2.64. The molecule has 0 heterocycles. The maximum Gasteiger partial charge on any atom is 0.166 e. The second-order valence-corrected chi connectivity index (χ2v) is 4.66. The van der Waals surface area contributed by atoms with E-state index < -0.39 is 23.5 Å². The smallest absolute Gasteiger partial charge is 0.166 e. The van der Waals surface area contributed by atoms with Gasteiger partial charge < -0.3 is 14.6 Å². The van der Waals surface area contributed by atoms with Crippen LogP contribution in [0.1, 0.15) is 31.1 Å². The van der Waals surface area contributed by atoms with E-state index in [1.54, 1.807) is 0 Å². The fourth-order valence-electron chi connectivity index (χ4n) is 1.54. The maximum absolute atomic E-state index is 13.5. The van der Waals surface area contributed by atoms with Crippen LogP contribution in [0.3, 0.4) is 0 Å². The van der Waals surface area contributed by atoms with Crippen LogP contribution in [0.4, 0.5) is 8.78 Å². The molecule has 1 rings (SSSR count). The van der Waals surface area contributed by atoms with Crippen molar-refractivity contribution in [3.63, 3.8) is 0 Å². The van der Waals surface area contributed by atoms with Crippen LogP contribution >= 0.6 is 0 Å². The summed E-state index contributed by atoms with van der Waals surface area (Å²) in [7, 11) is 0. The Balaban J connectivity index is 2.74. The first kappa shape index (κ1) is 16.5. The molecule has 20 heavy (non-hydrogen) atoms. The molecule has 0 aliphatic heterocycles. The van der Waals surface area contributed by atoms with Gasteiger partial charge >= 0.3 is 0 Å². The molecule has 6 heteroatoms. The summed E-state index contributed by atoms with van der Waals surface area (Å²) >= 11 is 0. The fourth-order valence-corrected chi connectivity index (χ4v) is 1.54. The van der Waals surface area contributed by atoms with Crippen molar-refractivity contribution in [3.05, 3.63) is 29.3 Å². The number of aliphatic hydroxyl groups excluding tert-OH is 1. The second-order valence-electron chi connectivity index (χ2n) is 4.66. The third kappa shape index (κ3) is 4.86. The van der Waals surface area contributed by atoms with Gasteiger partial charge in [0.1, 0.15) is 30.1 Å². The summed E-state index contributed by atoms with van der Waals surface area (Å²) in [6, 6.07) is 1.53. The fraction of sp³-hybridized carbons (Fsp3) is 0.500. The van der Waals surface area contributed by atoms with E-state index >= 15 is 0 Å². The summed E-state index contributed by atoms with van der Waals surface area (Å²) in [6.07, 6.45) is -1.01. The van der Waals surface area contributed by atoms with Crippen molar-refractivity contribution in [2.75, 3.05) is 13.2 Å². The zero-order valence-corrected chi connectivity index (χ0v) is 11.7. The average molecular weight is 288 g/mol. The highest BCUT2D eigenvalue weighted by molar-refractivity contribution is 5.97. The molecule has 0 bridgehead atoms. The number of carbonyl (C=O) groups is 1. The zero-order valence-electron chi connectivity index (χ0n) is 11.7. The van der Waals surface area contributed by atoms with Crippen molar-refractivity contribution >= 4 is 5.78 Å². The number of ketones is 1. The number of aliphatic hydroxyl groups is 1. The molecule has 0 saturated carbocycles. The third-order valence-corrected chi connectivity index (χ3v) is 2.42. The minimum absolute atomic E-state index is 0.0326. The Kier molecular flexibility index (Phi) is 6.04. The van der Waals surface area contributed by atoms with Gasteiger partial charge in [0.25, 0.3) is 0 Å². The Morgan fingerprint density at radius 2 is 1.95 bits per heavy atom. The van der Waals surface area contributed by atoms with E-state index in [0.29, 0.717) is 6.07 Å². The van der Waals surface area contributed by atoms with Gasteiger partial charge in [0.05, 0.1) is 18.3 Å². The first-order valence-electron chi connectivity index (χ1n) is 6.23. The van der Waals surface area contributed by atoms with Gasteiger partial charge in [-0.1, -0.05) is 0 Å². The van der Waals surface area contributed by atoms with Gasteiger partial charge in [0.2, 0.25) is 0 Å². The molecule has 4 nitrogen and oxygen atoms in total. The van der Waals surface area contributed by atoms with E-state index in [9.17, 15) is 18.7 Å². The molecule has 1 aromatic rings. The number of hydrogen-bond donors (Lipinski definition) is 1. The Morgan fingerprint density at radius 3 is 2.50 bits per heavy atom. The van der Waals surface area contributed by atoms with Crippen LogP contribution in [0.15, 0.2) is 12.1 Å². The Hall–Kier alpha value is -1.53. The Bertz CT molecular complexity index is 474. The van der Waals surface area contributed by atoms with Crippen molar-refractivity contribution in [1.82, 2.24) is 0 Å². The average Bonchev–Trinajstić information content (AvgIpc) is 2.32. The monoisotopic (exact) mass is 288 g/mol. The van der Waals surface area contributed by atoms with Crippen LogP contribution in [-0.4, -0.2) is 36.3 Å². The molecule has 0 radical (unpaired) electrons. The number of ether oxygens (including phenoxy) is 2. The Labute approximate surface area is 116 Å². The summed E-state index contributed by atoms with van der Waals surface area (Å²) in [6.45, 7) is 4.58. The highest BCUT2D eigenvalue weighted by Gasteiger charge is 2.18. The summed E-state index contributed by atoms with van der Waals surface area (Å²) in [5, 5.41) is 9.61. The zero-order chi connectivity index (χ0) is 15.3. The lowest BCUT2D eigenvalue weighted by molar-refractivity contribution is -0.0124. The van der Waals surface area contributed by atoms with Crippen molar-refractivity contribution in [2.45, 2.75) is 33.0 Å². The van der Waals surface area contributed by atoms with Gasteiger partial charge in [-0.15, -0.1) is 0 Å². The molecule has 0 aliphatic rings. The Morgan fingerprint density at radius 1 is 1.30 bits per heavy atom. The highest BCUT2D eigenvalue weighted by atomic mass is 19.1. The molecule has 1 aromatic carbocycles. The topological polar surface area (TPSA) is 55.8 Å². The molecular weight excluding hydrogens is 270 g/mol. The van der Waals surface area contributed by atoms with Gasteiger partial charge in [-0.2, -0.15) is 0 Å². The minimum atomic E-state index is -0.986. The lowest BCUT2D eigenvalue weighted by Crippen LogP contribution is -2.25. The number of benzene rings is 1. The minimum Gasteiger partial charge on any atom is -0.490 e. The van der Waals surface area contributed by atoms with E-state index in [1.807, 2.05) is 13.8 Å². The van der Waals surface area contributed by atoms with Crippen molar-refractivity contribution in [3.8, 4) is 5.75 Å². The number of halogens is 2. The largest absolute Gasteiger partial charge is 0.490 e. The van der Waals surface area contributed by atoms with Crippen LogP contribution < -0.4 is 4.74 Å². The quantitative estimate of drug-likeness (QED) is 0.782. The molecule has 1 unspecified atom stereocenters. The van der Waals surface area contributed by atoms with Crippen molar-refractivity contribution < 1.29 is 28.2 Å². The lowest BCUT2D eigenvalue weighted by Gasteiger charge is -2.16. The van der Waals surface area contributed by atoms with Crippen LogP contribution in [0.25, 0.3) is 0 Å². The van der Waals surface area contributed by atoms with E-state index in [0.717, 1.165) is 13.0 Å². The molecule has 1 atom stereocenters. The molecular formula is C14H18F2O4. The molecule has 0 spiro atoms. The van der Waals surface area contributed by atoms with Crippen molar-refractivity contribution in [1.29, 1.82) is 0 Å². The van der Waals surface area contributed by atoms with Crippen LogP contribution in [0.5, 0.6) is 5.75 Å². The third-order valence-electron chi connectivity index (χ3n) is 2.42. The summed E-state index contributed by atoms with van der Waals surface area (Å²) in [4.78, 5) is 11.3. The van der Waals surface area contributed by atoms with Crippen LogP contribution in [-0.2, 0) is 4.74 Å². The first-order chi connectivity index (χ1) is 9.31. The maximum atomic E-state index is 13.5. The lowest BCUT2D eigenvalue weighted by atomic mass is 10.1. The second kappa shape index (κ2) is 7.31. The molecule has 0 aromatic heterocycles. The number of carbonyl (C=O) groups excluding carboxylic acids is 1. The standard InChI is InChI=1S/C14H18F2O4/c1-8(2)19-6-11(18)7-20-13-5-10(15)4-12(16)14(13)9(3)17/h4-5,8,11,18H,6-7H2,1-3H3. The van der Waals surface area contributed by atoms with E-state index in [2.05, 4.69) is 0 Å². The highest BCUT2D eigenvalue weighted by Crippen LogP contribution is 2.24. The van der Waals surface area contributed by atoms with Gasteiger partial charge in [-0.3, -0.25) is 4.79 Å². The van der Waals surface area contributed by atoms with Gasteiger partial charge in [-0.25, -0.2) is 8.78 Å². The number of Topliss-reactive ketones (excluding diaryl/α,β-unsaturated/α-hetero) is 1. The van der Waals surface area contributed by atoms with Gasteiger partial charge in [0.15, 0.2) is 5.78 Å². The van der Waals surface area contributed by atoms with E-state index in [4.69, 9.17) is 9.47 Å². The van der Waals surface area contributed by atoms with Crippen LogP contribution in [0.2, 0.25) is 0 Å². The van der Waals surface area contributed by atoms with E-state index in [-0.39, 0.29) is 30.6 Å². The summed E-state index contributed by atoms with van der Waals surface area (Å²) < 4.78 is 36.9. The molecule has 0 fully saturated rings. The molecule has 0 amide bonds. The van der Waals surface area contributed by atoms with Crippen LogP contribution in [0, 0.1) is 11.6 Å². The molecule has 1 N–H and O–H groups in total. The molecule has 0 saturated heterocycles. The molecule has 0 aliphatic carbocycles. The van der Waals surface area contributed by atoms with E-state index in [1.165, 1.54) is 0 Å². The predicted octanol–water partition coefficient (Wildman–Crippen LogP) is 2.33. The van der Waals surface area contributed by atoms with Gasteiger partial charge in [0, 0.05) is 12.1 Å². The summed E-state index contributed by atoms with van der Waals surface area (Å²) in [5.41, 5.74) is -0.330. The van der Waals surface area contributed by atoms with Gasteiger partial charge in [-0.05, 0) is 20.8 Å². The van der Waals surface area contributed by atoms with Crippen molar-refractivity contribution in [2.24, 2.45) is 0 Å². The molecule has 112 valence electrons. The number of hydrogen-bond acceptors (Lipinski definition) is 4. The first-order valence-corrected chi connectivity index (χ1v) is 6.23. The predicted molar refractivity (Wildman–Crippen MR) is 69.0 cm³/mol. The number of rotatable bonds is 7. The normalized spacial score (nSPS) is 12.6. The SMILES string of the molecule is CC(=O)c1c(F)cc(F)cc1OCC(O)COC(C)C.